The number of rotatable bonds is 2. The molecule has 0 aromatic heterocycles. The zero-order valence-corrected chi connectivity index (χ0v) is 13.1. The fraction of sp³-hybridized carbons (Fsp3) is 0.846. The second kappa shape index (κ2) is 6.72. The van der Waals surface area contributed by atoms with Gasteiger partial charge < -0.3 is 14.4 Å². The Hall–Kier alpha value is -1.51. The lowest BCUT2D eigenvalue weighted by Crippen LogP contribution is -2.61. The van der Waals surface area contributed by atoms with Gasteiger partial charge in [-0.25, -0.2) is 4.79 Å². The van der Waals surface area contributed by atoms with Gasteiger partial charge >= 0.3 is 18.2 Å². The molecule has 0 spiro atoms. The van der Waals surface area contributed by atoms with Gasteiger partial charge in [0.1, 0.15) is 11.6 Å². The number of esters is 1. The van der Waals surface area contributed by atoms with E-state index in [2.05, 4.69) is 4.74 Å². The van der Waals surface area contributed by atoms with Gasteiger partial charge in [-0.05, 0) is 20.8 Å². The maximum absolute atomic E-state index is 13.1. The summed E-state index contributed by atoms with van der Waals surface area (Å²) in [4.78, 5) is 25.1. The first-order valence-electron chi connectivity index (χ1n) is 6.79. The molecule has 1 heterocycles. The Bertz CT molecular complexity index is 420. The van der Waals surface area contributed by atoms with Crippen LogP contribution in [0.1, 0.15) is 20.8 Å². The highest BCUT2D eigenvalue weighted by Gasteiger charge is 2.48. The van der Waals surface area contributed by atoms with Crippen molar-refractivity contribution >= 4 is 12.1 Å². The van der Waals surface area contributed by atoms with Gasteiger partial charge in [0, 0.05) is 19.6 Å². The van der Waals surface area contributed by atoms with Crippen LogP contribution in [0, 0.1) is 0 Å². The molecule has 1 unspecified atom stereocenters. The van der Waals surface area contributed by atoms with Crippen LogP contribution in [0.25, 0.3) is 0 Å². The topological polar surface area (TPSA) is 59.1 Å². The summed E-state index contributed by atoms with van der Waals surface area (Å²) in [5, 5.41) is 0. The van der Waals surface area contributed by atoms with Crippen LogP contribution in [0.5, 0.6) is 0 Å². The van der Waals surface area contributed by atoms with Crippen molar-refractivity contribution in [3.63, 3.8) is 0 Å². The first kappa shape index (κ1) is 18.5. The van der Waals surface area contributed by atoms with Gasteiger partial charge in [0.25, 0.3) is 0 Å². The van der Waals surface area contributed by atoms with Gasteiger partial charge in [-0.15, -0.1) is 0 Å². The van der Waals surface area contributed by atoms with E-state index in [1.807, 2.05) is 0 Å². The number of hydrogen-bond donors (Lipinski definition) is 0. The molecule has 1 rings (SSSR count). The third-order valence-electron chi connectivity index (χ3n) is 3.08. The molecule has 0 aliphatic carbocycles. The minimum Gasteiger partial charge on any atom is -0.468 e. The number of carbonyl (C=O) groups is 2. The van der Waals surface area contributed by atoms with Crippen molar-refractivity contribution in [2.45, 2.75) is 38.6 Å². The minimum atomic E-state index is -4.56. The quantitative estimate of drug-likeness (QED) is 0.722. The lowest BCUT2D eigenvalue weighted by Gasteiger charge is -2.41. The molecule has 0 saturated carbocycles. The lowest BCUT2D eigenvalue weighted by atomic mass is 10.1. The molecule has 128 valence electrons. The molecule has 1 atom stereocenters. The first-order valence-corrected chi connectivity index (χ1v) is 6.79. The zero-order valence-electron chi connectivity index (χ0n) is 13.1. The highest BCUT2D eigenvalue weighted by Crippen LogP contribution is 2.28. The van der Waals surface area contributed by atoms with E-state index in [0.29, 0.717) is 0 Å². The van der Waals surface area contributed by atoms with E-state index in [1.165, 1.54) is 0 Å². The van der Waals surface area contributed by atoms with Gasteiger partial charge in [-0.3, -0.25) is 9.69 Å². The van der Waals surface area contributed by atoms with Crippen LogP contribution < -0.4 is 0 Å². The van der Waals surface area contributed by atoms with E-state index in [-0.39, 0.29) is 13.1 Å². The second-order valence-corrected chi connectivity index (χ2v) is 6.03. The molecule has 0 aromatic carbocycles. The van der Waals surface area contributed by atoms with Crippen molar-refractivity contribution in [1.29, 1.82) is 0 Å². The van der Waals surface area contributed by atoms with Gasteiger partial charge in [0.05, 0.1) is 13.7 Å². The Morgan fingerprint density at radius 1 is 1.18 bits per heavy atom. The molecule has 0 N–H and O–H groups in total. The van der Waals surface area contributed by atoms with Crippen molar-refractivity contribution in [2.75, 3.05) is 33.3 Å². The third kappa shape index (κ3) is 5.36. The number of amides is 1. The first-order chi connectivity index (χ1) is 9.94. The van der Waals surface area contributed by atoms with Gasteiger partial charge in [0.2, 0.25) is 0 Å². The van der Waals surface area contributed by atoms with Gasteiger partial charge in [-0.2, -0.15) is 13.2 Å². The summed E-state index contributed by atoms with van der Waals surface area (Å²) in [6.45, 7) is 3.84. The van der Waals surface area contributed by atoms with Crippen LogP contribution >= 0.6 is 0 Å². The third-order valence-corrected chi connectivity index (χ3v) is 3.08. The van der Waals surface area contributed by atoms with Gasteiger partial charge in [0.15, 0.2) is 0 Å². The average molecular weight is 326 g/mol. The number of halogens is 3. The summed E-state index contributed by atoms with van der Waals surface area (Å²) >= 11 is 0. The summed E-state index contributed by atoms with van der Waals surface area (Å²) in [6, 6.07) is -1.92. The van der Waals surface area contributed by atoms with Crippen LogP contribution in [0.2, 0.25) is 0 Å². The zero-order chi connectivity index (χ0) is 17.1. The monoisotopic (exact) mass is 326 g/mol. The number of methoxy groups -OCH3 is 1. The molecule has 1 aliphatic heterocycles. The molecule has 0 bridgehead atoms. The molecule has 1 saturated heterocycles. The number of nitrogens with zero attached hydrogens (tertiary/aromatic N) is 2. The average Bonchev–Trinajstić information content (AvgIpc) is 2.35. The number of hydrogen-bond acceptors (Lipinski definition) is 5. The molecule has 1 fully saturated rings. The van der Waals surface area contributed by atoms with Crippen molar-refractivity contribution in [3.05, 3.63) is 0 Å². The molecule has 22 heavy (non-hydrogen) atoms. The normalized spacial score (nSPS) is 20.7. The molecule has 0 aromatic rings. The lowest BCUT2D eigenvalue weighted by molar-refractivity contribution is -0.197. The van der Waals surface area contributed by atoms with E-state index < -0.39 is 43.0 Å². The predicted octanol–water partition coefficient (Wildman–Crippen LogP) is 1.64. The molecule has 1 aliphatic rings. The number of carbonyl (C=O) groups excluding carboxylic acids is 2. The Morgan fingerprint density at radius 3 is 2.23 bits per heavy atom. The number of piperazine rings is 1. The van der Waals surface area contributed by atoms with E-state index in [4.69, 9.17) is 4.74 Å². The van der Waals surface area contributed by atoms with Crippen molar-refractivity contribution in [3.8, 4) is 0 Å². The maximum atomic E-state index is 13.1. The van der Waals surface area contributed by atoms with Crippen LogP contribution in [0.15, 0.2) is 0 Å². The standard InChI is InChI=1S/C13H21F3N2O4/c1-12(2,3)22-11(20)18-6-5-17(8-10(19)21-4)9(7-18)13(14,15)16/h9H,5-8H2,1-4H3. The minimum absolute atomic E-state index is 0.0541. The molecule has 0 radical (unpaired) electrons. The Kier molecular flexibility index (Phi) is 5.66. The molecular weight excluding hydrogens is 305 g/mol. The Labute approximate surface area is 127 Å². The van der Waals surface area contributed by atoms with Crippen molar-refractivity contribution < 1.29 is 32.2 Å². The molecular formula is C13H21F3N2O4. The summed E-state index contributed by atoms with van der Waals surface area (Å²) in [5.41, 5.74) is -0.784. The number of alkyl halides is 3. The smallest absolute Gasteiger partial charge is 0.410 e. The fourth-order valence-electron chi connectivity index (χ4n) is 2.04. The predicted molar refractivity (Wildman–Crippen MR) is 71.2 cm³/mol. The van der Waals surface area contributed by atoms with Gasteiger partial charge in [-0.1, -0.05) is 0 Å². The fourth-order valence-corrected chi connectivity index (χ4v) is 2.04. The van der Waals surface area contributed by atoms with Crippen molar-refractivity contribution in [1.82, 2.24) is 9.80 Å². The molecule has 9 heteroatoms. The van der Waals surface area contributed by atoms with Crippen molar-refractivity contribution in [2.24, 2.45) is 0 Å². The number of ether oxygens (including phenoxy) is 2. The largest absolute Gasteiger partial charge is 0.468 e. The van der Waals surface area contributed by atoms with Crippen LogP contribution in [-0.2, 0) is 14.3 Å². The Balaban J connectivity index is 2.80. The van der Waals surface area contributed by atoms with E-state index in [9.17, 15) is 22.8 Å². The summed E-state index contributed by atoms with van der Waals surface area (Å²) < 4.78 is 48.9. The molecule has 6 nitrogen and oxygen atoms in total. The van der Waals surface area contributed by atoms with Crippen LogP contribution in [0.4, 0.5) is 18.0 Å². The highest BCUT2D eigenvalue weighted by atomic mass is 19.4. The Morgan fingerprint density at radius 2 is 1.77 bits per heavy atom. The summed E-state index contributed by atoms with van der Waals surface area (Å²) in [7, 11) is 1.11. The van der Waals surface area contributed by atoms with E-state index in [0.717, 1.165) is 16.9 Å². The van der Waals surface area contributed by atoms with Crippen LogP contribution in [-0.4, -0.2) is 73.0 Å². The summed E-state index contributed by atoms with van der Waals surface area (Å²) in [5.74, 6) is -0.750. The second-order valence-electron chi connectivity index (χ2n) is 6.03. The van der Waals surface area contributed by atoms with Crippen LogP contribution in [0.3, 0.4) is 0 Å². The SMILES string of the molecule is COC(=O)CN1CCN(C(=O)OC(C)(C)C)CC1C(F)(F)F. The summed E-state index contributed by atoms with van der Waals surface area (Å²) in [6.07, 6.45) is -5.35. The maximum Gasteiger partial charge on any atom is 0.410 e. The van der Waals surface area contributed by atoms with E-state index in [1.54, 1.807) is 20.8 Å². The van der Waals surface area contributed by atoms with E-state index >= 15 is 0 Å². The highest BCUT2D eigenvalue weighted by molar-refractivity contribution is 5.72. The molecule has 1 amide bonds.